The highest BCUT2D eigenvalue weighted by Crippen LogP contribution is 2.16. The van der Waals surface area contributed by atoms with Gasteiger partial charge in [0.25, 0.3) is 0 Å². The van der Waals surface area contributed by atoms with Crippen molar-refractivity contribution in [2.45, 2.75) is 32.6 Å². The van der Waals surface area contributed by atoms with Crippen LogP contribution in [0.1, 0.15) is 42.0 Å². The van der Waals surface area contributed by atoms with Crippen LogP contribution in [-0.2, 0) is 12.8 Å². The normalized spacial score (nSPS) is 11.3. The molecule has 23 heavy (non-hydrogen) atoms. The Morgan fingerprint density at radius 3 is 2.35 bits per heavy atom. The molecule has 0 atom stereocenters. The van der Waals surface area contributed by atoms with Crippen molar-refractivity contribution in [2.75, 3.05) is 0 Å². The average molecular weight is 311 g/mol. The standard InChI is InChI=1S/C20H19F2N/c1-2-3-19(21)12-16-7-4-15(5-8-16)6-9-17-10-11-18(14-23)20(22)13-17/h4-5,7-8,10-13H,2-3,6,9H2,1H3. The number of nitriles is 1. The predicted octanol–water partition coefficient (Wildman–Crippen LogP) is 5.59. The molecule has 0 heterocycles. The summed E-state index contributed by atoms with van der Waals surface area (Å²) in [6, 6.07) is 14.2. The fraction of sp³-hybridized carbons (Fsp3) is 0.250. The lowest BCUT2D eigenvalue weighted by Gasteiger charge is -2.04. The summed E-state index contributed by atoms with van der Waals surface area (Å²) in [5, 5.41) is 8.72. The molecule has 0 aliphatic rings. The van der Waals surface area contributed by atoms with Crippen LogP contribution in [0.2, 0.25) is 0 Å². The zero-order valence-electron chi connectivity index (χ0n) is 13.2. The molecule has 0 bridgehead atoms. The van der Waals surface area contributed by atoms with Crippen LogP contribution in [0, 0.1) is 17.1 Å². The van der Waals surface area contributed by atoms with Gasteiger partial charge in [0.2, 0.25) is 0 Å². The van der Waals surface area contributed by atoms with Crippen molar-refractivity contribution in [1.82, 2.24) is 0 Å². The lowest BCUT2D eigenvalue weighted by molar-refractivity contribution is 0.591. The van der Waals surface area contributed by atoms with E-state index in [2.05, 4.69) is 0 Å². The van der Waals surface area contributed by atoms with E-state index in [1.807, 2.05) is 37.3 Å². The third-order valence-electron chi connectivity index (χ3n) is 3.65. The van der Waals surface area contributed by atoms with Gasteiger partial charge in [0.15, 0.2) is 0 Å². The molecule has 0 saturated heterocycles. The maximum Gasteiger partial charge on any atom is 0.141 e. The number of allylic oxidation sites excluding steroid dienone is 1. The molecule has 2 rings (SSSR count). The van der Waals surface area contributed by atoms with Gasteiger partial charge >= 0.3 is 0 Å². The Morgan fingerprint density at radius 2 is 1.74 bits per heavy atom. The molecular formula is C20H19F2N. The van der Waals surface area contributed by atoms with Gasteiger partial charge in [-0.3, -0.25) is 0 Å². The molecule has 0 radical (unpaired) electrons. The van der Waals surface area contributed by atoms with Gasteiger partial charge in [-0.2, -0.15) is 5.26 Å². The molecule has 0 aliphatic heterocycles. The third kappa shape index (κ3) is 5.03. The number of hydrogen-bond donors (Lipinski definition) is 0. The zero-order valence-corrected chi connectivity index (χ0v) is 13.2. The second kappa shape index (κ2) is 8.24. The van der Waals surface area contributed by atoms with Crippen LogP contribution in [-0.4, -0.2) is 0 Å². The molecule has 0 unspecified atom stereocenters. The van der Waals surface area contributed by atoms with Crippen molar-refractivity contribution in [2.24, 2.45) is 0 Å². The maximum atomic E-state index is 13.5. The molecule has 0 N–H and O–H groups in total. The second-order valence-corrected chi connectivity index (χ2v) is 5.51. The predicted molar refractivity (Wildman–Crippen MR) is 89.0 cm³/mol. The van der Waals surface area contributed by atoms with Gasteiger partial charge in [-0.1, -0.05) is 37.3 Å². The summed E-state index contributed by atoms with van der Waals surface area (Å²) in [5.74, 6) is -0.579. The number of nitrogens with zero attached hydrogens (tertiary/aromatic N) is 1. The number of benzene rings is 2. The monoisotopic (exact) mass is 311 g/mol. The van der Waals surface area contributed by atoms with Crippen LogP contribution in [0.25, 0.3) is 6.08 Å². The molecule has 2 aromatic rings. The van der Waals surface area contributed by atoms with E-state index < -0.39 is 5.82 Å². The van der Waals surface area contributed by atoms with Crippen molar-refractivity contribution in [3.05, 3.63) is 76.4 Å². The van der Waals surface area contributed by atoms with Gasteiger partial charge < -0.3 is 0 Å². The van der Waals surface area contributed by atoms with Crippen molar-refractivity contribution in [3.8, 4) is 6.07 Å². The first kappa shape index (κ1) is 16.9. The first-order chi connectivity index (χ1) is 11.1. The fourth-order valence-electron chi connectivity index (χ4n) is 2.37. The molecule has 3 heteroatoms. The molecular weight excluding hydrogens is 292 g/mol. The lowest BCUT2D eigenvalue weighted by Crippen LogP contribution is -1.94. The largest absolute Gasteiger partial charge is 0.212 e. The highest BCUT2D eigenvalue weighted by Gasteiger charge is 2.03. The topological polar surface area (TPSA) is 23.8 Å². The molecule has 0 aromatic heterocycles. The molecule has 0 fully saturated rings. The van der Waals surface area contributed by atoms with Gasteiger partial charge in [-0.05, 0) is 60.6 Å². The highest BCUT2D eigenvalue weighted by atomic mass is 19.1. The summed E-state index contributed by atoms with van der Waals surface area (Å²) in [5.41, 5.74) is 2.89. The first-order valence-corrected chi connectivity index (χ1v) is 7.76. The van der Waals surface area contributed by atoms with Crippen LogP contribution < -0.4 is 0 Å². The molecule has 2 aromatic carbocycles. The molecule has 0 saturated carbocycles. The lowest BCUT2D eigenvalue weighted by atomic mass is 10.0. The molecule has 0 amide bonds. The van der Waals surface area contributed by atoms with E-state index in [1.54, 1.807) is 12.1 Å². The number of hydrogen-bond acceptors (Lipinski definition) is 1. The van der Waals surface area contributed by atoms with E-state index in [4.69, 9.17) is 5.26 Å². The van der Waals surface area contributed by atoms with Crippen LogP contribution >= 0.6 is 0 Å². The van der Waals surface area contributed by atoms with Gasteiger partial charge in [0, 0.05) is 0 Å². The van der Waals surface area contributed by atoms with Gasteiger partial charge in [-0.25, -0.2) is 8.78 Å². The zero-order chi connectivity index (χ0) is 16.7. The Morgan fingerprint density at radius 1 is 1.09 bits per heavy atom. The van der Waals surface area contributed by atoms with Gasteiger partial charge in [-0.15, -0.1) is 0 Å². The van der Waals surface area contributed by atoms with Crippen LogP contribution in [0.15, 0.2) is 48.3 Å². The average Bonchev–Trinajstić information content (AvgIpc) is 2.54. The third-order valence-corrected chi connectivity index (χ3v) is 3.65. The van der Waals surface area contributed by atoms with Crippen molar-refractivity contribution in [1.29, 1.82) is 5.26 Å². The smallest absolute Gasteiger partial charge is 0.141 e. The summed E-state index contributed by atoms with van der Waals surface area (Å²) < 4.78 is 27.0. The van der Waals surface area contributed by atoms with Crippen LogP contribution in [0.3, 0.4) is 0 Å². The SMILES string of the molecule is CCCC(F)=Cc1ccc(CCc2ccc(C#N)c(F)c2)cc1. The summed E-state index contributed by atoms with van der Waals surface area (Å²) in [6.45, 7) is 1.95. The van der Waals surface area contributed by atoms with Crippen molar-refractivity contribution in [3.63, 3.8) is 0 Å². The van der Waals surface area contributed by atoms with E-state index in [-0.39, 0.29) is 11.4 Å². The second-order valence-electron chi connectivity index (χ2n) is 5.51. The van der Waals surface area contributed by atoms with Crippen LogP contribution in [0.4, 0.5) is 8.78 Å². The number of rotatable bonds is 6. The maximum absolute atomic E-state index is 13.5. The Kier molecular flexibility index (Phi) is 6.05. The van der Waals surface area contributed by atoms with Gasteiger partial charge in [0.1, 0.15) is 17.7 Å². The molecule has 0 spiro atoms. The molecule has 118 valence electrons. The quantitative estimate of drug-likeness (QED) is 0.682. The van der Waals surface area contributed by atoms with Crippen molar-refractivity contribution >= 4 is 6.08 Å². The van der Waals surface area contributed by atoms with Crippen LogP contribution in [0.5, 0.6) is 0 Å². The summed E-state index contributed by atoms with van der Waals surface area (Å²) in [4.78, 5) is 0. The first-order valence-electron chi connectivity index (χ1n) is 7.76. The Balaban J connectivity index is 1.98. The minimum atomic E-state index is -0.475. The Hall–Kier alpha value is -2.47. The van der Waals surface area contributed by atoms with E-state index in [1.165, 1.54) is 12.1 Å². The minimum absolute atomic E-state index is 0.0685. The minimum Gasteiger partial charge on any atom is -0.212 e. The van der Waals surface area contributed by atoms with E-state index in [0.717, 1.165) is 29.5 Å². The summed E-state index contributed by atoms with van der Waals surface area (Å²) in [6.07, 6.45) is 4.28. The van der Waals surface area contributed by atoms with Crippen molar-refractivity contribution < 1.29 is 8.78 Å². The Bertz CT molecular complexity index is 724. The van der Waals surface area contributed by atoms with Gasteiger partial charge in [0.05, 0.1) is 5.56 Å². The highest BCUT2D eigenvalue weighted by molar-refractivity contribution is 5.51. The van der Waals surface area contributed by atoms with E-state index >= 15 is 0 Å². The number of aryl methyl sites for hydroxylation is 2. The van der Waals surface area contributed by atoms with E-state index in [0.29, 0.717) is 12.8 Å². The summed E-state index contributed by atoms with van der Waals surface area (Å²) >= 11 is 0. The molecule has 0 aliphatic carbocycles. The van der Waals surface area contributed by atoms with E-state index in [9.17, 15) is 8.78 Å². The molecule has 1 nitrogen and oxygen atoms in total. The fourth-order valence-corrected chi connectivity index (χ4v) is 2.37. The Labute approximate surface area is 135 Å². The number of halogens is 2. The summed E-state index contributed by atoms with van der Waals surface area (Å²) in [7, 11) is 0.